The summed E-state index contributed by atoms with van der Waals surface area (Å²) in [7, 11) is 0. The lowest BCUT2D eigenvalue weighted by Gasteiger charge is -2.30. The van der Waals surface area contributed by atoms with Gasteiger partial charge in [0.25, 0.3) is 0 Å². The maximum Gasteiger partial charge on any atom is 0.223 e. The molecule has 2 amide bonds. The number of hydrogen-bond acceptors (Lipinski definition) is 3. The molecule has 5 heteroatoms. The van der Waals surface area contributed by atoms with Crippen LogP contribution in [0.25, 0.3) is 0 Å². The van der Waals surface area contributed by atoms with E-state index in [0.717, 1.165) is 24.2 Å². The van der Waals surface area contributed by atoms with Gasteiger partial charge in [-0.05, 0) is 36.5 Å². The fourth-order valence-corrected chi connectivity index (χ4v) is 2.76. The predicted octanol–water partition coefficient (Wildman–Crippen LogP) is 2.60. The quantitative estimate of drug-likeness (QED) is 0.871. The smallest absolute Gasteiger partial charge is 0.223 e. The number of nitrogens with one attached hydrogen (secondary N) is 1. The summed E-state index contributed by atoms with van der Waals surface area (Å²) in [5, 5.41) is 3.00. The number of amides is 2. The van der Waals surface area contributed by atoms with Gasteiger partial charge < -0.3 is 15.0 Å². The van der Waals surface area contributed by atoms with Crippen LogP contribution in [0.2, 0.25) is 0 Å². The molecule has 24 heavy (non-hydrogen) atoms. The number of hydrogen-bond donors (Lipinski definition) is 1. The van der Waals surface area contributed by atoms with Crippen molar-refractivity contribution in [1.29, 1.82) is 0 Å². The van der Waals surface area contributed by atoms with Gasteiger partial charge in [-0.15, -0.1) is 0 Å². The van der Waals surface area contributed by atoms with Gasteiger partial charge in [-0.2, -0.15) is 0 Å². The lowest BCUT2D eigenvalue weighted by molar-refractivity contribution is -0.134. The first-order valence-corrected chi connectivity index (χ1v) is 8.70. The van der Waals surface area contributed by atoms with Gasteiger partial charge in [-0.1, -0.05) is 26.0 Å². The molecule has 1 aliphatic heterocycles. The normalized spacial score (nSPS) is 15.4. The van der Waals surface area contributed by atoms with Crippen LogP contribution in [0.1, 0.15) is 39.2 Å². The minimum atomic E-state index is 0.00856. The molecular weight excluding hydrogens is 304 g/mol. The van der Waals surface area contributed by atoms with Crippen molar-refractivity contribution in [3.05, 3.63) is 29.8 Å². The summed E-state index contributed by atoms with van der Waals surface area (Å²) in [5.41, 5.74) is 1.06. The van der Waals surface area contributed by atoms with Crippen LogP contribution in [-0.2, 0) is 16.1 Å². The van der Waals surface area contributed by atoms with Crippen LogP contribution in [0.3, 0.4) is 0 Å². The number of nitrogens with zero attached hydrogens (tertiary/aromatic N) is 1. The summed E-state index contributed by atoms with van der Waals surface area (Å²) in [6.45, 7) is 8.39. The number of carbonyl (C=O) groups is 2. The van der Waals surface area contributed by atoms with Crippen molar-refractivity contribution in [2.75, 3.05) is 19.7 Å². The third-order valence-corrected chi connectivity index (χ3v) is 4.28. The average Bonchev–Trinajstić information content (AvgIpc) is 2.58. The summed E-state index contributed by atoms with van der Waals surface area (Å²) >= 11 is 0. The van der Waals surface area contributed by atoms with Gasteiger partial charge in [0, 0.05) is 32.5 Å². The van der Waals surface area contributed by atoms with Gasteiger partial charge in [0.05, 0.1) is 6.61 Å². The van der Waals surface area contributed by atoms with E-state index in [-0.39, 0.29) is 17.7 Å². The Hall–Kier alpha value is -2.04. The molecule has 0 aromatic heterocycles. The van der Waals surface area contributed by atoms with E-state index < -0.39 is 0 Å². The van der Waals surface area contributed by atoms with Crippen LogP contribution in [-0.4, -0.2) is 36.4 Å². The molecule has 0 saturated carbocycles. The SMILES string of the molecule is CC(=O)N1CCC(C(=O)NCc2ccc(OCC(C)C)cc2)CC1. The molecule has 132 valence electrons. The lowest BCUT2D eigenvalue weighted by Crippen LogP contribution is -2.42. The van der Waals surface area contributed by atoms with E-state index >= 15 is 0 Å². The van der Waals surface area contributed by atoms with E-state index in [1.807, 2.05) is 24.3 Å². The summed E-state index contributed by atoms with van der Waals surface area (Å²) in [6, 6.07) is 7.84. The number of ether oxygens (including phenoxy) is 1. The van der Waals surface area contributed by atoms with Gasteiger partial charge in [-0.3, -0.25) is 9.59 Å². The Bertz CT molecular complexity index is 546. The van der Waals surface area contributed by atoms with E-state index in [1.165, 1.54) is 0 Å². The molecule has 0 atom stereocenters. The van der Waals surface area contributed by atoms with E-state index in [0.29, 0.717) is 32.2 Å². The fourth-order valence-electron chi connectivity index (χ4n) is 2.76. The van der Waals surface area contributed by atoms with E-state index in [1.54, 1.807) is 11.8 Å². The molecule has 1 fully saturated rings. The first kappa shape index (κ1) is 18.3. The zero-order chi connectivity index (χ0) is 17.5. The molecule has 2 rings (SSSR count). The monoisotopic (exact) mass is 332 g/mol. The van der Waals surface area contributed by atoms with E-state index in [2.05, 4.69) is 19.2 Å². The standard InChI is InChI=1S/C19H28N2O3/c1-14(2)13-24-18-6-4-16(5-7-18)12-20-19(23)17-8-10-21(11-9-17)15(3)22/h4-7,14,17H,8-13H2,1-3H3,(H,20,23). The second kappa shape index (κ2) is 8.71. The molecule has 0 bridgehead atoms. The molecule has 0 aliphatic carbocycles. The number of piperidine rings is 1. The Balaban J connectivity index is 1.75. The molecule has 1 aliphatic rings. The third kappa shape index (κ3) is 5.55. The van der Waals surface area contributed by atoms with Crippen molar-refractivity contribution in [3.8, 4) is 5.75 Å². The van der Waals surface area contributed by atoms with Crippen LogP contribution in [0.4, 0.5) is 0 Å². The van der Waals surface area contributed by atoms with Crippen molar-refractivity contribution >= 4 is 11.8 Å². The van der Waals surface area contributed by atoms with Gasteiger partial charge in [0.15, 0.2) is 0 Å². The second-order valence-corrected chi connectivity index (χ2v) is 6.85. The summed E-state index contributed by atoms with van der Waals surface area (Å²) in [4.78, 5) is 25.4. The average molecular weight is 332 g/mol. The van der Waals surface area contributed by atoms with Crippen molar-refractivity contribution in [2.45, 2.75) is 40.2 Å². The highest BCUT2D eigenvalue weighted by atomic mass is 16.5. The highest BCUT2D eigenvalue weighted by Gasteiger charge is 2.25. The Morgan fingerprint density at radius 3 is 2.38 bits per heavy atom. The number of likely N-dealkylation sites (tertiary alicyclic amines) is 1. The Morgan fingerprint density at radius 1 is 1.21 bits per heavy atom. The fraction of sp³-hybridized carbons (Fsp3) is 0.579. The molecule has 0 radical (unpaired) electrons. The number of benzene rings is 1. The zero-order valence-corrected chi connectivity index (χ0v) is 14.9. The number of rotatable bonds is 6. The zero-order valence-electron chi connectivity index (χ0n) is 14.9. The molecule has 1 heterocycles. The van der Waals surface area contributed by atoms with Crippen LogP contribution < -0.4 is 10.1 Å². The van der Waals surface area contributed by atoms with Crippen molar-refractivity contribution in [1.82, 2.24) is 10.2 Å². The molecule has 1 N–H and O–H groups in total. The van der Waals surface area contributed by atoms with E-state index in [4.69, 9.17) is 4.74 Å². The molecule has 1 saturated heterocycles. The molecule has 1 aromatic rings. The van der Waals surface area contributed by atoms with Crippen LogP contribution in [0.15, 0.2) is 24.3 Å². The van der Waals surface area contributed by atoms with Gasteiger partial charge >= 0.3 is 0 Å². The van der Waals surface area contributed by atoms with Gasteiger partial charge in [-0.25, -0.2) is 0 Å². The maximum absolute atomic E-state index is 12.3. The highest BCUT2D eigenvalue weighted by Crippen LogP contribution is 2.18. The molecular formula is C19H28N2O3. The first-order valence-electron chi connectivity index (χ1n) is 8.70. The Morgan fingerprint density at radius 2 is 1.83 bits per heavy atom. The van der Waals surface area contributed by atoms with Crippen LogP contribution >= 0.6 is 0 Å². The predicted molar refractivity (Wildman–Crippen MR) is 93.6 cm³/mol. The maximum atomic E-state index is 12.3. The third-order valence-electron chi connectivity index (χ3n) is 4.28. The molecule has 1 aromatic carbocycles. The minimum Gasteiger partial charge on any atom is -0.493 e. The van der Waals surface area contributed by atoms with E-state index in [9.17, 15) is 9.59 Å². The summed E-state index contributed by atoms with van der Waals surface area (Å²) < 4.78 is 5.65. The summed E-state index contributed by atoms with van der Waals surface area (Å²) in [6.07, 6.45) is 1.49. The van der Waals surface area contributed by atoms with Crippen molar-refractivity contribution < 1.29 is 14.3 Å². The van der Waals surface area contributed by atoms with Crippen LogP contribution in [0.5, 0.6) is 5.75 Å². The lowest BCUT2D eigenvalue weighted by atomic mass is 9.96. The molecule has 5 nitrogen and oxygen atoms in total. The molecule has 0 unspecified atom stereocenters. The molecule has 0 spiro atoms. The topological polar surface area (TPSA) is 58.6 Å². The highest BCUT2D eigenvalue weighted by molar-refractivity contribution is 5.79. The van der Waals surface area contributed by atoms with Crippen molar-refractivity contribution in [3.63, 3.8) is 0 Å². The Kier molecular flexibility index (Phi) is 6.64. The van der Waals surface area contributed by atoms with Crippen LogP contribution in [0, 0.1) is 11.8 Å². The summed E-state index contributed by atoms with van der Waals surface area (Å²) in [5.74, 6) is 1.54. The Labute approximate surface area is 144 Å². The number of carbonyl (C=O) groups excluding carboxylic acids is 2. The largest absolute Gasteiger partial charge is 0.493 e. The second-order valence-electron chi connectivity index (χ2n) is 6.85. The van der Waals surface area contributed by atoms with Gasteiger partial charge in [0.2, 0.25) is 11.8 Å². The first-order chi connectivity index (χ1) is 11.5. The van der Waals surface area contributed by atoms with Crippen molar-refractivity contribution in [2.24, 2.45) is 11.8 Å². The van der Waals surface area contributed by atoms with Gasteiger partial charge in [0.1, 0.15) is 5.75 Å². The minimum absolute atomic E-state index is 0.00856.